The van der Waals surface area contributed by atoms with Crippen LogP contribution in [0.2, 0.25) is 0 Å². The van der Waals surface area contributed by atoms with E-state index < -0.39 is 0 Å². The molecule has 1 spiro atoms. The fourth-order valence-corrected chi connectivity index (χ4v) is 4.13. The highest BCUT2D eigenvalue weighted by Crippen LogP contribution is 2.39. The van der Waals surface area contributed by atoms with E-state index >= 15 is 0 Å². The summed E-state index contributed by atoms with van der Waals surface area (Å²) in [4.78, 5) is 12.3. The van der Waals surface area contributed by atoms with Gasteiger partial charge in [-0.05, 0) is 58.0 Å². The number of ether oxygens (including phenoxy) is 1. The molecule has 0 aromatic carbocycles. The van der Waals surface area contributed by atoms with Crippen LogP contribution in [-0.4, -0.2) is 41.6 Å². The average Bonchev–Trinajstić information content (AvgIpc) is 2.36. The molecule has 1 unspecified atom stereocenters. The summed E-state index contributed by atoms with van der Waals surface area (Å²) in [5.41, 5.74) is 0.0333. The van der Waals surface area contributed by atoms with Crippen LogP contribution >= 0.6 is 11.8 Å². The molecule has 19 heavy (non-hydrogen) atoms. The first-order valence-corrected chi connectivity index (χ1v) is 8.55. The Hall–Kier alpha value is -0.0600. The van der Waals surface area contributed by atoms with Crippen LogP contribution in [0.4, 0.5) is 0 Å². The Bertz CT molecular complexity index is 313. The van der Waals surface area contributed by atoms with Crippen molar-refractivity contribution >= 4 is 17.5 Å². The molecule has 0 aliphatic carbocycles. The van der Waals surface area contributed by atoms with E-state index in [0.717, 1.165) is 32.3 Å². The number of carbonyl (C=O) groups excluding carboxylic acids is 1. The van der Waals surface area contributed by atoms with Crippen LogP contribution in [-0.2, 0) is 9.53 Å². The minimum Gasteiger partial charge on any atom is -0.375 e. The molecule has 0 amide bonds. The zero-order chi connectivity index (χ0) is 13.9. The number of nitrogens with one attached hydrogen (secondary N) is 1. The van der Waals surface area contributed by atoms with Crippen LogP contribution < -0.4 is 5.32 Å². The maximum atomic E-state index is 12.3. The summed E-state index contributed by atoms with van der Waals surface area (Å²) >= 11 is 2.01. The second-order valence-corrected chi connectivity index (χ2v) is 8.13. The highest BCUT2D eigenvalue weighted by molar-refractivity contribution is 7.99. The molecule has 3 nitrogen and oxygen atoms in total. The second kappa shape index (κ2) is 6.15. The molecule has 4 heteroatoms. The number of hydrogen-bond acceptors (Lipinski definition) is 4. The molecule has 0 radical (unpaired) electrons. The zero-order valence-electron chi connectivity index (χ0n) is 12.5. The average molecular weight is 285 g/mol. The van der Waals surface area contributed by atoms with E-state index in [0.29, 0.717) is 12.3 Å². The molecular weight excluding hydrogens is 258 g/mol. The van der Waals surface area contributed by atoms with E-state index in [1.165, 1.54) is 11.5 Å². The monoisotopic (exact) mass is 285 g/mol. The van der Waals surface area contributed by atoms with Crippen molar-refractivity contribution in [1.29, 1.82) is 0 Å². The molecule has 0 aromatic rings. The maximum Gasteiger partial charge on any atom is 0.149 e. The molecule has 1 atom stereocenters. The van der Waals surface area contributed by atoms with Crippen molar-refractivity contribution in [2.45, 2.75) is 57.6 Å². The van der Waals surface area contributed by atoms with Gasteiger partial charge in [0.15, 0.2) is 0 Å². The van der Waals surface area contributed by atoms with Gasteiger partial charge in [-0.1, -0.05) is 0 Å². The first-order chi connectivity index (χ1) is 8.90. The predicted octanol–water partition coefficient (Wildman–Crippen LogP) is 2.64. The molecule has 2 fully saturated rings. The van der Waals surface area contributed by atoms with E-state index in [1.807, 2.05) is 11.8 Å². The van der Waals surface area contributed by atoms with Gasteiger partial charge in [0.25, 0.3) is 0 Å². The molecule has 0 saturated carbocycles. The molecule has 0 bridgehead atoms. The molecule has 0 aromatic heterocycles. The Balaban J connectivity index is 1.88. The van der Waals surface area contributed by atoms with Crippen molar-refractivity contribution in [1.82, 2.24) is 5.32 Å². The van der Waals surface area contributed by atoms with Gasteiger partial charge in [-0.2, -0.15) is 11.8 Å². The fourth-order valence-electron chi connectivity index (χ4n) is 2.89. The van der Waals surface area contributed by atoms with Crippen molar-refractivity contribution in [3.8, 4) is 0 Å². The van der Waals surface area contributed by atoms with Gasteiger partial charge in [0.2, 0.25) is 0 Å². The van der Waals surface area contributed by atoms with Crippen LogP contribution in [0.5, 0.6) is 0 Å². The summed E-state index contributed by atoms with van der Waals surface area (Å²) in [7, 11) is 0. The van der Waals surface area contributed by atoms with E-state index in [-0.39, 0.29) is 17.1 Å². The number of rotatable bonds is 3. The Morgan fingerprint density at radius 1 is 1.37 bits per heavy atom. The predicted molar refractivity (Wildman–Crippen MR) is 80.7 cm³/mol. The number of carbonyl (C=O) groups is 1. The molecule has 2 aliphatic rings. The number of hydrogen-bond donors (Lipinski definition) is 1. The van der Waals surface area contributed by atoms with Crippen LogP contribution in [0.15, 0.2) is 0 Å². The summed E-state index contributed by atoms with van der Waals surface area (Å²) in [5.74, 6) is 2.94. The third-order valence-corrected chi connectivity index (χ3v) is 5.13. The third kappa shape index (κ3) is 4.47. The van der Waals surface area contributed by atoms with Gasteiger partial charge < -0.3 is 10.1 Å². The lowest BCUT2D eigenvalue weighted by atomic mass is 9.80. The number of Topliss-reactive ketones (excluding diaryl/α,β-unsaturated/α-hetero) is 1. The highest BCUT2D eigenvalue weighted by atomic mass is 32.2. The van der Waals surface area contributed by atoms with Crippen molar-refractivity contribution in [2.24, 2.45) is 5.92 Å². The van der Waals surface area contributed by atoms with Crippen molar-refractivity contribution < 1.29 is 9.53 Å². The Kier molecular flexibility index (Phi) is 4.96. The quantitative estimate of drug-likeness (QED) is 0.865. The van der Waals surface area contributed by atoms with Gasteiger partial charge in [-0.15, -0.1) is 0 Å². The standard InChI is InChI=1S/C15H27NO2S/c1-14(2,3)16-11-13(17)12-4-7-18-15(10-12)5-8-19-9-6-15/h12,16H,4-11H2,1-3H3. The Labute approximate surface area is 121 Å². The molecule has 110 valence electrons. The second-order valence-electron chi connectivity index (χ2n) is 6.90. The largest absolute Gasteiger partial charge is 0.375 e. The molecule has 2 aliphatic heterocycles. The van der Waals surface area contributed by atoms with E-state index in [9.17, 15) is 4.79 Å². The van der Waals surface area contributed by atoms with Crippen molar-refractivity contribution in [2.75, 3.05) is 24.7 Å². The Morgan fingerprint density at radius 3 is 2.68 bits per heavy atom. The third-order valence-electron chi connectivity index (χ3n) is 4.15. The minimum absolute atomic E-state index is 0.0139. The van der Waals surface area contributed by atoms with Gasteiger partial charge in [0.1, 0.15) is 5.78 Å². The summed E-state index contributed by atoms with van der Waals surface area (Å²) in [6.07, 6.45) is 4.08. The van der Waals surface area contributed by atoms with E-state index in [4.69, 9.17) is 4.74 Å². The summed E-state index contributed by atoms with van der Waals surface area (Å²) in [6, 6.07) is 0. The van der Waals surface area contributed by atoms with E-state index in [1.54, 1.807) is 0 Å². The SMILES string of the molecule is CC(C)(C)NCC(=O)C1CCOC2(CCSCC2)C1. The first kappa shape index (κ1) is 15.3. The maximum absolute atomic E-state index is 12.3. The lowest BCUT2D eigenvalue weighted by Crippen LogP contribution is -2.47. The lowest BCUT2D eigenvalue weighted by Gasteiger charge is -2.43. The molecule has 1 N–H and O–H groups in total. The number of thioether (sulfide) groups is 1. The van der Waals surface area contributed by atoms with Gasteiger partial charge in [-0.3, -0.25) is 4.79 Å². The fraction of sp³-hybridized carbons (Fsp3) is 0.933. The van der Waals surface area contributed by atoms with Crippen LogP contribution in [0.1, 0.15) is 46.5 Å². The first-order valence-electron chi connectivity index (χ1n) is 7.40. The molecule has 2 rings (SSSR count). The lowest BCUT2D eigenvalue weighted by molar-refractivity contribution is -0.137. The molecule has 2 heterocycles. The van der Waals surface area contributed by atoms with Gasteiger partial charge in [-0.25, -0.2) is 0 Å². The van der Waals surface area contributed by atoms with Crippen LogP contribution in [0.3, 0.4) is 0 Å². The van der Waals surface area contributed by atoms with E-state index in [2.05, 4.69) is 26.1 Å². The van der Waals surface area contributed by atoms with Crippen LogP contribution in [0, 0.1) is 5.92 Å². The molecular formula is C15H27NO2S. The molecule has 2 saturated heterocycles. The van der Waals surface area contributed by atoms with Crippen molar-refractivity contribution in [3.05, 3.63) is 0 Å². The summed E-state index contributed by atoms with van der Waals surface area (Å²) < 4.78 is 6.05. The topological polar surface area (TPSA) is 38.3 Å². The Morgan fingerprint density at radius 2 is 2.05 bits per heavy atom. The van der Waals surface area contributed by atoms with Crippen molar-refractivity contribution in [3.63, 3.8) is 0 Å². The smallest absolute Gasteiger partial charge is 0.149 e. The minimum atomic E-state index is 0.0139. The number of ketones is 1. The zero-order valence-corrected chi connectivity index (χ0v) is 13.3. The van der Waals surface area contributed by atoms with Gasteiger partial charge in [0.05, 0.1) is 12.1 Å². The summed E-state index contributed by atoms with van der Waals surface area (Å²) in [5, 5.41) is 3.32. The van der Waals surface area contributed by atoms with Crippen LogP contribution in [0.25, 0.3) is 0 Å². The van der Waals surface area contributed by atoms with Gasteiger partial charge >= 0.3 is 0 Å². The normalized spacial score (nSPS) is 27.4. The van der Waals surface area contributed by atoms with Gasteiger partial charge in [0, 0.05) is 18.1 Å². The summed E-state index contributed by atoms with van der Waals surface area (Å²) in [6.45, 7) is 7.56. The highest BCUT2D eigenvalue weighted by Gasteiger charge is 2.40.